The summed E-state index contributed by atoms with van der Waals surface area (Å²) in [5.41, 5.74) is 7.28. The molecule has 0 radical (unpaired) electrons. The fourth-order valence-corrected chi connectivity index (χ4v) is 5.97. The molecule has 42 heavy (non-hydrogen) atoms. The van der Waals surface area contributed by atoms with E-state index in [0.29, 0.717) is 11.5 Å². The molecular weight excluding hydrogens is 528 g/mol. The first-order chi connectivity index (χ1) is 20.4. The van der Waals surface area contributed by atoms with Crippen molar-refractivity contribution in [3.63, 3.8) is 0 Å². The van der Waals surface area contributed by atoms with E-state index in [1.165, 1.54) is 6.92 Å². The number of benzene rings is 3. The Balaban J connectivity index is 1.45. The molecule has 1 fully saturated rings. The summed E-state index contributed by atoms with van der Waals surface area (Å²) in [4.78, 5) is 33.1. The zero-order valence-electron chi connectivity index (χ0n) is 22.9. The SMILES string of the molecule is CC(=O)Nc1ccc(-c2nc3n(c2-c2ccc(C4(NC(=O)O)CCC4)cc2)-c2cccnc2Nc2ccccc2-3)cc1. The van der Waals surface area contributed by atoms with Crippen LogP contribution >= 0.6 is 0 Å². The van der Waals surface area contributed by atoms with Crippen molar-refractivity contribution in [3.05, 3.63) is 96.7 Å². The number of fused-ring (bicyclic) bond motifs is 5. The third-order valence-corrected chi connectivity index (χ3v) is 8.07. The maximum atomic E-state index is 11.6. The summed E-state index contributed by atoms with van der Waals surface area (Å²) in [6.07, 6.45) is 3.27. The van der Waals surface area contributed by atoms with Gasteiger partial charge in [0.05, 0.1) is 28.3 Å². The van der Waals surface area contributed by atoms with Gasteiger partial charge in [-0.25, -0.2) is 14.8 Å². The van der Waals surface area contributed by atoms with Gasteiger partial charge in [0.25, 0.3) is 0 Å². The van der Waals surface area contributed by atoms with Crippen molar-refractivity contribution in [2.45, 2.75) is 31.7 Å². The summed E-state index contributed by atoms with van der Waals surface area (Å²) in [5.74, 6) is 1.35. The van der Waals surface area contributed by atoms with Crippen molar-refractivity contribution in [3.8, 4) is 39.6 Å². The molecule has 2 amide bonds. The van der Waals surface area contributed by atoms with E-state index in [1.54, 1.807) is 6.20 Å². The lowest BCUT2D eigenvalue weighted by molar-refractivity contribution is -0.114. The summed E-state index contributed by atoms with van der Waals surface area (Å²) >= 11 is 0. The minimum Gasteiger partial charge on any atom is -0.465 e. The summed E-state index contributed by atoms with van der Waals surface area (Å²) in [7, 11) is 0. The van der Waals surface area contributed by atoms with Crippen molar-refractivity contribution >= 4 is 29.2 Å². The van der Waals surface area contributed by atoms with E-state index in [0.717, 1.165) is 70.1 Å². The second kappa shape index (κ2) is 9.88. The summed E-state index contributed by atoms with van der Waals surface area (Å²) in [6.45, 7) is 1.48. The Bertz CT molecular complexity index is 1840. The topological polar surface area (TPSA) is 121 Å². The Labute approximate surface area is 242 Å². The van der Waals surface area contributed by atoms with Crippen LogP contribution in [0.1, 0.15) is 31.7 Å². The molecule has 3 heterocycles. The predicted molar refractivity (Wildman–Crippen MR) is 162 cm³/mol. The highest BCUT2D eigenvalue weighted by Gasteiger charge is 2.40. The third kappa shape index (κ3) is 4.26. The zero-order chi connectivity index (χ0) is 28.8. The van der Waals surface area contributed by atoms with Crippen LogP contribution in [-0.2, 0) is 10.3 Å². The Morgan fingerprint density at radius 3 is 2.36 bits per heavy atom. The van der Waals surface area contributed by atoms with Crippen molar-refractivity contribution in [2.75, 3.05) is 10.6 Å². The minimum absolute atomic E-state index is 0.132. The third-order valence-electron chi connectivity index (χ3n) is 8.07. The quantitative estimate of drug-likeness (QED) is 0.183. The molecule has 0 bridgehead atoms. The molecule has 7 rings (SSSR count). The average Bonchev–Trinajstić information content (AvgIpc) is 3.30. The van der Waals surface area contributed by atoms with E-state index in [4.69, 9.17) is 4.98 Å². The number of aromatic nitrogens is 3. The van der Waals surface area contributed by atoms with Crippen LogP contribution in [0.15, 0.2) is 91.1 Å². The van der Waals surface area contributed by atoms with Gasteiger partial charge in [0.2, 0.25) is 5.91 Å². The highest BCUT2D eigenvalue weighted by molar-refractivity contribution is 5.92. The second-order valence-electron chi connectivity index (χ2n) is 10.7. The molecule has 0 saturated heterocycles. The number of para-hydroxylation sites is 1. The van der Waals surface area contributed by atoms with Gasteiger partial charge >= 0.3 is 6.09 Å². The van der Waals surface area contributed by atoms with Gasteiger partial charge in [0.1, 0.15) is 5.82 Å². The number of pyridine rings is 1. The molecule has 1 saturated carbocycles. The van der Waals surface area contributed by atoms with E-state index in [9.17, 15) is 14.7 Å². The standard InChI is InChI=1S/C33H28N6O3/c1-20(40)35-24-15-11-21(12-16-24)28-29(22-9-13-23(14-10-22)33(17-5-18-33)38-32(41)42)39-27-8-4-19-34-30(27)36-26-7-3-2-6-25(26)31(39)37-28/h2-4,6-16,19,38H,5,17-18H2,1H3,(H,34,36)(H,35,40)(H,41,42). The number of imidazole rings is 1. The number of nitrogens with zero attached hydrogens (tertiary/aromatic N) is 3. The van der Waals surface area contributed by atoms with Crippen LogP contribution in [0.3, 0.4) is 0 Å². The molecule has 1 aliphatic carbocycles. The first kappa shape index (κ1) is 25.5. The molecule has 9 nitrogen and oxygen atoms in total. The number of hydrogen-bond acceptors (Lipinski definition) is 5. The molecule has 0 atom stereocenters. The van der Waals surface area contributed by atoms with Gasteiger partial charge < -0.3 is 21.1 Å². The summed E-state index contributed by atoms with van der Waals surface area (Å²) < 4.78 is 2.14. The summed E-state index contributed by atoms with van der Waals surface area (Å²) in [5, 5.41) is 18.6. The van der Waals surface area contributed by atoms with E-state index in [1.807, 2.05) is 84.9 Å². The van der Waals surface area contributed by atoms with Gasteiger partial charge in [-0.1, -0.05) is 48.5 Å². The van der Waals surface area contributed by atoms with Gasteiger partial charge in [-0.05, 0) is 61.2 Å². The first-order valence-electron chi connectivity index (χ1n) is 13.9. The molecule has 2 aliphatic rings. The largest absolute Gasteiger partial charge is 0.465 e. The molecule has 208 valence electrons. The molecular formula is C33H28N6O3. The Hall–Kier alpha value is -5.44. The minimum atomic E-state index is -1.01. The van der Waals surface area contributed by atoms with Crippen LogP contribution in [-0.4, -0.2) is 31.6 Å². The van der Waals surface area contributed by atoms with E-state index in [2.05, 4.69) is 25.5 Å². The number of hydrogen-bond donors (Lipinski definition) is 4. The average molecular weight is 557 g/mol. The van der Waals surface area contributed by atoms with Crippen LogP contribution in [0.5, 0.6) is 0 Å². The second-order valence-corrected chi connectivity index (χ2v) is 10.7. The van der Waals surface area contributed by atoms with Crippen molar-refractivity contribution in [1.29, 1.82) is 0 Å². The molecule has 9 heteroatoms. The van der Waals surface area contributed by atoms with Crippen LogP contribution in [0.4, 0.5) is 22.0 Å². The lowest BCUT2D eigenvalue weighted by Crippen LogP contribution is -2.50. The Kier molecular flexibility index (Phi) is 6.00. The number of carboxylic acid groups (broad SMARTS) is 1. The molecule has 1 aliphatic heterocycles. The van der Waals surface area contributed by atoms with Gasteiger partial charge in [-0.3, -0.25) is 9.36 Å². The monoisotopic (exact) mass is 556 g/mol. The maximum Gasteiger partial charge on any atom is 0.405 e. The Morgan fingerprint density at radius 2 is 1.67 bits per heavy atom. The predicted octanol–water partition coefficient (Wildman–Crippen LogP) is 6.93. The number of carbonyl (C=O) groups excluding carboxylic acids is 1. The molecule has 2 aromatic heterocycles. The van der Waals surface area contributed by atoms with E-state index < -0.39 is 11.6 Å². The zero-order valence-corrected chi connectivity index (χ0v) is 22.9. The van der Waals surface area contributed by atoms with E-state index >= 15 is 0 Å². The van der Waals surface area contributed by atoms with Gasteiger partial charge in [0, 0.05) is 35.5 Å². The molecule has 5 aromatic rings. The first-order valence-corrected chi connectivity index (χ1v) is 13.9. The molecule has 3 aromatic carbocycles. The lowest BCUT2D eigenvalue weighted by atomic mass is 9.71. The number of nitrogens with one attached hydrogen (secondary N) is 3. The smallest absolute Gasteiger partial charge is 0.405 e. The fourth-order valence-electron chi connectivity index (χ4n) is 5.97. The van der Waals surface area contributed by atoms with Crippen LogP contribution < -0.4 is 16.0 Å². The van der Waals surface area contributed by atoms with Gasteiger partial charge in [-0.15, -0.1) is 0 Å². The molecule has 0 unspecified atom stereocenters. The van der Waals surface area contributed by atoms with Crippen LogP contribution in [0.25, 0.3) is 39.6 Å². The van der Waals surface area contributed by atoms with Gasteiger partial charge in [0.15, 0.2) is 5.82 Å². The lowest BCUT2D eigenvalue weighted by Gasteiger charge is -2.42. The number of anilines is 3. The molecule has 4 N–H and O–H groups in total. The summed E-state index contributed by atoms with van der Waals surface area (Å²) in [6, 6.07) is 27.7. The van der Waals surface area contributed by atoms with Gasteiger partial charge in [-0.2, -0.15) is 0 Å². The normalized spacial score (nSPS) is 14.2. The van der Waals surface area contributed by atoms with Crippen molar-refractivity contribution in [1.82, 2.24) is 19.9 Å². The maximum absolute atomic E-state index is 11.6. The van der Waals surface area contributed by atoms with E-state index in [-0.39, 0.29) is 5.91 Å². The van der Waals surface area contributed by atoms with Crippen molar-refractivity contribution in [2.24, 2.45) is 0 Å². The highest BCUT2D eigenvalue weighted by Crippen LogP contribution is 2.46. The number of rotatable bonds is 5. The van der Waals surface area contributed by atoms with Crippen molar-refractivity contribution < 1.29 is 14.7 Å². The Morgan fingerprint density at radius 1 is 0.929 bits per heavy atom. The molecule has 0 spiro atoms. The van der Waals surface area contributed by atoms with Crippen LogP contribution in [0, 0.1) is 0 Å². The number of carbonyl (C=O) groups is 2. The fraction of sp³-hybridized carbons (Fsp3) is 0.152. The highest BCUT2D eigenvalue weighted by atomic mass is 16.4. The van der Waals surface area contributed by atoms with Crippen LogP contribution in [0.2, 0.25) is 0 Å². The number of amides is 2.